The van der Waals surface area contributed by atoms with Crippen molar-refractivity contribution >= 4 is 47.3 Å². The number of carbonyl (C=O) groups is 1. The highest BCUT2D eigenvalue weighted by Gasteiger charge is 2.17. The van der Waals surface area contributed by atoms with E-state index in [1.165, 1.54) is 23.9 Å². The smallest absolute Gasteiger partial charge is 0.340 e. The van der Waals surface area contributed by atoms with Crippen molar-refractivity contribution in [3.63, 3.8) is 0 Å². The van der Waals surface area contributed by atoms with Gasteiger partial charge >= 0.3 is 5.97 Å². The van der Waals surface area contributed by atoms with Crippen molar-refractivity contribution in [2.24, 2.45) is 0 Å². The fourth-order valence-corrected chi connectivity index (χ4v) is 3.05. The molecule has 0 amide bonds. The zero-order valence-corrected chi connectivity index (χ0v) is 13.0. The van der Waals surface area contributed by atoms with Gasteiger partial charge in [0, 0.05) is 17.1 Å². The van der Waals surface area contributed by atoms with Gasteiger partial charge in [0.05, 0.1) is 0 Å². The SMILES string of the molecule is C=C(CCC)C(=O)OC(=S)N(SCC)SCC. The van der Waals surface area contributed by atoms with E-state index in [1.54, 1.807) is 3.71 Å². The predicted molar refractivity (Wildman–Crippen MR) is 80.8 cm³/mol. The first-order valence-electron chi connectivity index (χ1n) is 5.56. The van der Waals surface area contributed by atoms with E-state index in [9.17, 15) is 4.79 Å². The van der Waals surface area contributed by atoms with Crippen LogP contribution in [0.5, 0.6) is 0 Å². The van der Waals surface area contributed by atoms with Crippen LogP contribution in [0.1, 0.15) is 33.6 Å². The van der Waals surface area contributed by atoms with Crippen molar-refractivity contribution < 1.29 is 9.53 Å². The van der Waals surface area contributed by atoms with Gasteiger partial charge in [0.25, 0.3) is 5.17 Å². The summed E-state index contributed by atoms with van der Waals surface area (Å²) in [6.07, 6.45) is 1.51. The molecule has 6 heteroatoms. The number of ether oxygens (including phenoxy) is 1. The van der Waals surface area contributed by atoms with E-state index < -0.39 is 5.97 Å². The quantitative estimate of drug-likeness (QED) is 0.307. The first-order chi connectivity index (χ1) is 8.06. The molecule has 0 saturated heterocycles. The molecule has 0 aromatic heterocycles. The van der Waals surface area contributed by atoms with Crippen molar-refractivity contribution in [3.8, 4) is 0 Å². The van der Waals surface area contributed by atoms with Crippen molar-refractivity contribution in [1.82, 2.24) is 3.71 Å². The first kappa shape index (κ1) is 16.8. The normalized spacial score (nSPS) is 9.82. The third-order valence-corrected chi connectivity index (χ3v) is 4.11. The monoisotopic (exact) mass is 293 g/mol. The molecule has 0 radical (unpaired) electrons. The maximum absolute atomic E-state index is 11.6. The second kappa shape index (κ2) is 9.79. The minimum Gasteiger partial charge on any atom is -0.394 e. The van der Waals surface area contributed by atoms with Gasteiger partial charge in [0.1, 0.15) is 0 Å². The highest BCUT2D eigenvalue weighted by atomic mass is 32.2. The molecule has 0 atom stereocenters. The van der Waals surface area contributed by atoms with E-state index in [2.05, 4.69) is 6.58 Å². The van der Waals surface area contributed by atoms with Crippen LogP contribution >= 0.6 is 36.1 Å². The van der Waals surface area contributed by atoms with Crippen molar-refractivity contribution in [2.75, 3.05) is 11.5 Å². The number of hydrogen-bond acceptors (Lipinski definition) is 5. The summed E-state index contributed by atoms with van der Waals surface area (Å²) in [7, 11) is 0. The van der Waals surface area contributed by atoms with E-state index >= 15 is 0 Å². The Morgan fingerprint density at radius 3 is 2.24 bits per heavy atom. The molecule has 0 fully saturated rings. The van der Waals surface area contributed by atoms with Crippen LogP contribution in [-0.4, -0.2) is 26.4 Å². The molecular formula is C11H19NO2S3. The van der Waals surface area contributed by atoms with Gasteiger partial charge in [-0.2, -0.15) is 0 Å². The molecule has 0 aliphatic carbocycles. The first-order valence-corrected chi connectivity index (χ1v) is 7.85. The standard InChI is InChI=1S/C11H19NO2S3/c1-5-8-9(4)10(13)14-11(15)12(16-6-2)17-7-3/h4-8H2,1-3H3. The maximum Gasteiger partial charge on any atom is 0.340 e. The fourth-order valence-electron chi connectivity index (χ4n) is 0.970. The molecule has 0 saturated carbocycles. The van der Waals surface area contributed by atoms with E-state index in [0.717, 1.165) is 17.9 Å². The molecule has 0 aromatic rings. The summed E-state index contributed by atoms with van der Waals surface area (Å²) in [6, 6.07) is 0. The molecule has 0 N–H and O–H groups in total. The molecule has 0 spiro atoms. The molecule has 0 aromatic carbocycles. The van der Waals surface area contributed by atoms with Gasteiger partial charge in [0.2, 0.25) is 0 Å². The Morgan fingerprint density at radius 2 is 1.82 bits per heavy atom. The van der Waals surface area contributed by atoms with Crippen molar-refractivity contribution in [1.29, 1.82) is 0 Å². The van der Waals surface area contributed by atoms with Crippen LogP contribution in [0.4, 0.5) is 0 Å². The topological polar surface area (TPSA) is 29.5 Å². The van der Waals surface area contributed by atoms with Crippen LogP contribution in [0.15, 0.2) is 12.2 Å². The molecule has 0 bridgehead atoms. The number of carbonyl (C=O) groups excluding carboxylic acids is 1. The van der Waals surface area contributed by atoms with Crippen LogP contribution in [0.25, 0.3) is 0 Å². The number of thiocarbonyl (C=S) groups is 1. The van der Waals surface area contributed by atoms with Gasteiger partial charge in [0.15, 0.2) is 0 Å². The van der Waals surface area contributed by atoms with Crippen LogP contribution in [0.2, 0.25) is 0 Å². The molecular weight excluding hydrogens is 274 g/mol. The lowest BCUT2D eigenvalue weighted by molar-refractivity contribution is -0.131. The summed E-state index contributed by atoms with van der Waals surface area (Å²) in [5.41, 5.74) is 0.470. The number of nitrogens with zero attached hydrogens (tertiary/aromatic N) is 1. The van der Waals surface area contributed by atoms with Gasteiger partial charge in [-0.3, -0.25) is 0 Å². The third-order valence-electron chi connectivity index (χ3n) is 1.66. The Hall–Kier alpha value is -0.200. The zero-order valence-electron chi connectivity index (χ0n) is 10.5. The van der Waals surface area contributed by atoms with E-state index in [1.807, 2.05) is 20.8 Å². The number of rotatable bonds is 7. The Kier molecular flexibility index (Phi) is 9.68. The minimum absolute atomic E-state index is 0.200. The van der Waals surface area contributed by atoms with Gasteiger partial charge in [-0.05, 0) is 42.5 Å². The molecule has 0 heterocycles. The van der Waals surface area contributed by atoms with Crippen molar-refractivity contribution in [3.05, 3.63) is 12.2 Å². The van der Waals surface area contributed by atoms with E-state index in [-0.39, 0.29) is 5.17 Å². The van der Waals surface area contributed by atoms with Gasteiger partial charge < -0.3 is 4.74 Å². The lowest BCUT2D eigenvalue weighted by Crippen LogP contribution is -2.23. The van der Waals surface area contributed by atoms with E-state index in [0.29, 0.717) is 12.0 Å². The van der Waals surface area contributed by atoms with Crippen LogP contribution in [-0.2, 0) is 9.53 Å². The van der Waals surface area contributed by atoms with Gasteiger partial charge in [-0.25, -0.2) is 8.51 Å². The average Bonchev–Trinajstić information content (AvgIpc) is 2.28. The van der Waals surface area contributed by atoms with Gasteiger partial charge in [-0.15, -0.1) is 0 Å². The van der Waals surface area contributed by atoms with Gasteiger partial charge in [-0.1, -0.05) is 33.8 Å². The second-order valence-corrected chi connectivity index (χ2v) is 6.08. The Morgan fingerprint density at radius 1 is 1.29 bits per heavy atom. The highest BCUT2D eigenvalue weighted by molar-refractivity contribution is 8.13. The minimum atomic E-state index is -0.421. The predicted octanol–water partition coefficient (Wildman–Crippen LogP) is 3.81. The van der Waals surface area contributed by atoms with Crippen LogP contribution in [0, 0.1) is 0 Å². The Labute approximate surface area is 118 Å². The van der Waals surface area contributed by atoms with Crippen LogP contribution < -0.4 is 0 Å². The highest BCUT2D eigenvalue weighted by Crippen LogP contribution is 2.23. The van der Waals surface area contributed by atoms with E-state index in [4.69, 9.17) is 17.0 Å². The summed E-state index contributed by atoms with van der Waals surface area (Å²) < 4.78 is 6.87. The lowest BCUT2D eigenvalue weighted by Gasteiger charge is -2.20. The summed E-state index contributed by atoms with van der Waals surface area (Å²) >= 11 is 8.13. The zero-order chi connectivity index (χ0) is 13.3. The molecule has 0 unspecified atom stereocenters. The Balaban J connectivity index is 4.29. The molecule has 0 aliphatic heterocycles. The summed E-state index contributed by atoms with van der Waals surface area (Å²) in [5, 5.41) is 0.200. The van der Waals surface area contributed by atoms with Crippen molar-refractivity contribution in [2.45, 2.75) is 33.6 Å². The summed E-state index contributed by atoms with van der Waals surface area (Å²) in [6.45, 7) is 9.72. The fraction of sp³-hybridized carbons (Fsp3) is 0.636. The largest absolute Gasteiger partial charge is 0.394 e. The maximum atomic E-state index is 11.6. The molecule has 98 valence electrons. The Bertz CT molecular complexity index is 276. The average molecular weight is 293 g/mol. The lowest BCUT2D eigenvalue weighted by atomic mass is 10.2. The molecule has 17 heavy (non-hydrogen) atoms. The number of hydrogen-bond donors (Lipinski definition) is 0. The van der Waals surface area contributed by atoms with Crippen LogP contribution in [0.3, 0.4) is 0 Å². The number of esters is 1. The summed E-state index contributed by atoms with van der Waals surface area (Å²) in [5.74, 6) is 1.33. The second-order valence-electron chi connectivity index (χ2n) is 3.10. The summed E-state index contributed by atoms with van der Waals surface area (Å²) in [4.78, 5) is 11.6. The molecule has 3 nitrogen and oxygen atoms in total. The third kappa shape index (κ3) is 6.95. The molecule has 0 aliphatic rings. The molecule has 0 rings (SSSR count).